The van der Waals surface area contributed by atoms with Gasteiger partial charge in [-0.2, -0.15) is 5.26 Å². The van der Waals surface area contributed by atoms with Crippen molar-refractivity contribution in [1.82, 2.24) is 19.7 Å². The summed E-state index contributed by atoms with van der Waals surface area (Å²) in [6.07, 6.45) is 1.78. The molecule has 0 fully saturated rings. The van der Waals surface area contributed by atoms with Crippen molar-refractivity contribution in [3.8, 4) is 17.5 Å². The van der Waals surface area contributed by atoms with Gasteiger partial charge in [0.15, 0.2) is 11.0 Å². The Kier molecular flexibility index (Phi) is 8.07. The fraction of sp³-hybridized carbons (Fsp3) is 0.368. The molecule has 2 rings (SSSR count). The van der Waals surface area contributed by atoms with Crippen molar-refractivity contribution in [3.63, 3.8) is 0 Å². The molecule has 0 saturated carbocycles. The first-order valence-electron chi connectivity index (χ1n) is 8.60. The average Bonchev–Trinajstić information content (AvgIpc) is 3.07. The lowest BCUT2D eigenvalue weighted by Crippen LogP contribution is -2.35. The number of aromatic nitrogens is 3. The lowest BCUT2D eigenvalue weighted by molar-refractivity contribution is -0.128. The molecule has 2 aromatic rings. The summed E-state index contributed by atoms with van der Waals surface area (Å²) in [5.41, 5.74) is 0.948. The Morgan fingerprint density at radius 2 is 2.15 bits per heavy atom. The van der Waals surface area contributed by atoms with Gasteiger partial charge in [0.2, 0.25) is 5.91 Å². The number of allylic oxidation sites excluding steroid dienone is 1. The van der Waals surface area contributed by atoms with E-state index in [0.29, 0.717) is 24.8 Å². The standard InChI is InChI=1S/C19H22BrN5OS/c1-4-10-25-18(15-6-8-16(20)9-7-15)22-23-19(25)27-13-17(26)24(5-2)12-14(3)11-21/h4,6-9,14H,1,5,10,12-13H2,2-3H3. The van der Waals surface area contributed by atoms with Gasteiger partial charge in [-0.05, 0) is 26.0 Å². The minimum absolute atomic E-state index is 0.0112. The number of nitriles is 1. The summed E-state index contributed by atoms with van der Waals surface area (Å²) in [6.45, 7) is 9.11. The van der Waals surface area contributed by atoms with Crippen LogP contribution in [-0.4, -0.2) is 44.4 Å². The van der Waals surface area contributed by atoms with Crippen molar-refractivity contribution in [1.29, 1.82) is 5.26 Å². The number of nitrogens with zero attached hydrogens (tertiary/aromatic N) is 5. The summed E-state index contributed by atoms with van der Waals surface area (Å²) in [5.74, 6) is 0.791. The molecule has 0 saturated heterocycles. The van der Waals surface area contributed by atoms with Crippen LogP contribution in [0.1, 0.15) is 13.8 Å². The highest BCUT2D eigenvalue weighted by Crippen LogP contribution is 2.25. The summed E-state index contributed by atoms with van der Waals surface area (Å²) < 4.78 is 2.94. The third kappa shape index (κ3) is 5.68. The van der Waals surface area contributed by atoms with Crippen molar-refractivity contribution in [2.24, 2.45) is 5.92 Å². The summed E-state index contributed by atoms with van der Waals surface area (Å²) in [7, 11) is 0. The van der Waals surface area contributed by atoms with Gasteiger partial charge in [-0.1, -0.05) is 45.9 Å². The summed E-state index contributed by atoms with van der Waals surface area (Å²) in [4.78, 5) is 14.2. The molecule has 8 heteroatoms. The van der Waals surface area contributed by atoms with Gasteiger partial charge in [0.1, 0.15) is 0 Å². The van der Waals surface area contributed by atoms with Gasteiger partial charge in [-0.25, -0.2) is 0 Å². The smallest absolute Gasteiger partial charge is 0.233 e. The molecule has 1 heterocycles. The lowest BCUT2D eigenvalue weighted by atomic mass is 10.2. The first-order valence-corrected chi connectivity index (χ1v) is 10.4. The highest BCUT2D eigenvalue weighted by molar-refractivity contribution is 9.10. The van der Waals surface area contributed by atoms with E-state index in [2.05, 4.69) is 38.8 Å². The van der Waals surface area contributed by atoms with E-state index >= 15 is 0 Å². The predicted octanol–water partition coefficient (Wildman–Crippen LogP) is 3.99. The molecule has 0 aliphatic carbocycles. The molecule has 1 aromatic heterocycles. The van der Waals surface area contributed by atoms with Crippen molar-refractivity contribution in [2.45, 2.75) is 25.5 Å². The molecule has 0 aliphatic heterocycles. The number of hydrogen-bond donors (Lipinski definition) is 0. The van der Waals surface area contributed by atoms with E-state index in [4.69, 9.17) is 5.26 Å². The number of carbonyl (C=O) groups is 1. The number of amides is 1. The van der Waals surface area contributed by atoms with Crippen LogP contribution in [-0.2, 0) is 11.3 Å². The van der Waals surface area contributed by atoms with Crippen LogP contribution in [0.3, 0.4) is 0 Å². The summed E-state index contributed by atoms with van der Waals surface area (Å²) >= 11 is 4.78. The molecule has 0 bridgehead atoms. The fourth-order valence-electron chi connectivity index (χ4n) is 2.50. The lowest BCUT2D eigenvalue weighted by Gasteiger charge is -2.21. The van der Waals surface area contributed by atoms with E-state index in [0.717, 1.165) is 15.9 Å². The predicted molar refractivity (Wildman–Crippen MR) is 111 cm³/mol. The largest absolute Gasteiger partial charge is 0.341 e. The Morgan fingerprint density at radius 1 is 1.44 bits per heavy atom. The number of benzene rings is 1. The van der Waals surface area contributed by atoms with Crippen LogP contribution in [0.5, 0.6) is 0 Å². The molecule has 142 valence electrons. The van der Waals surface area contributed by atoms with Crippen LogP contribution in [0.25, 0.3) is 11.4 Å². The Morgan fingerprint density at radius 3 is 2.74 bits per heavy atom. The molecule has 1 amide bonds. The minimum atomic E-state index is -0.188. The first kappa shape index (κ1) is 21.2. The van der Waals surface area contributed by atoms with E-state index < -0.39 is 0 Å². The van der Waals surface area contributed by atoms with Gasteiger partial charge in [-0.3, -0.25) is 9.36 Å². The van der Waals surface area contributed by atoms with Crippen molar-refractivity contribution >= 4 is 33.6 Å². The van der Waals surface area contributed by atoms with Gasteiger partial charge in [-0.15, -0.1) is 16.8 Å². The van der Waals surface area contributed by atoms with Gasteiger partial charge >= 0.3 is 0 Å². The molecule has 1 atom stereocenters. The summed E-state index contributed by atoms with van der Waals surface area (Å²) in [5, 5.41) is 18.2. The molecule has 0 spiro atoms. The number of rotatable bonds is 9. The van der Waals surface area contributed by atoms with Gasteiger partial charge in [0, 0.05) is 29.7 Å². The Bertz CT molecular complexity index is 828. The monoisotopic (exact) mass is 447 g/mol. The highest BCUT2D eigenvalue weighted by Gasteiger charge is 2.18. The molecule has 0 radical (unpaired) electrons. The second-order valence-corrected chi connectivity index (χ2v) is 7.82. The van der Waals surface area contributed by atoms with Crippen LogP contribution in [0.15, 0.2) is 46.5 Å². The minimum Gasteiger partial charge on any atom is -0.341 e. The maximum Gasteiger partial charge on any atom is 0.233 e. The van der Waals surface area contributed by atoms with Crippen LogP contribution in [0.2, 0.25) is 0 Å². The summed E-state index contributed by atoms with van der Waals surface area (Å²) in [6, 6.07) is 10.0. The highest BCUT2D eigenvalue weighted by atomic mass is 79.9. The Hall–Kier alpha value is -2.11. The van der Waals surface area contributed by atoms with E-state index in [9.17, 15) is 4.79 Å². The maximum absolute atomic E-state index is 12.5. The normalized spacial score (nSPS) is 11.6. The third-order valence-electron chi connectivity index (χ3n) is 3.90. The second-order valence-electron chi connectivity index (χ2n) is 5.96. The van der Waals surface area contributed by atoms with Gasteiger partial charge < -0.3 is 4.90 Å². The molecule has 0 aliphatic rings. The van der Waals surface area contributed by atoms with E-state index in [-0.39, 0.29) is 17.6 Å². The van der Waals surface area contributed by atoms with Crippen molar-refractivity contribution in [2.75, 3.05) is 18.8 Å². The third-order valence-corrected chi connectivity index (χ3v) is 5.38. The zero-order chi connectivity index (χ0) is 19.8. The van der Waals surface area contributed by atoms with Crippen molar-refractivity contribution in [3.05, 3.63) is 41.4 Å². The molecule has 1 aromatic carbocycles. The zero-order valence-corrected chi connectivity index (χ0v) is 17.8. The number of halogens is 1. The first-order chi connectivity index (χ1) is 13.0. The molecular weight excluding hydrogens is 426 g/mol. The molecule has 0 N–H and O–H groups in total. The van der Waals surface area contributed by atoms with Crippen molar-refractivity contribution < 1.29 is 4.79 Å². The average molecular weight is 448 g/mol. The van der Waals surface area contributed by atoms with Crippen LogP contribution < -0.4 is 0 Å². The number of thioether (sulfide) groups is 1. The molecule has 1 unspecified atom stereocenters. The van der Waals surface area contributed by atoms with Crippen LogP contribution in [0.4, 0.5) is 0 Å². The van der Waals surface area contributed by atoms with Crippen LogP contribution in [0, 0.1) is 17.2 Å². The van der Waals surface area contributed by atoms with E-state index in [1.807, 2.05) is 42.7 Å². The number of carbonyl (C=O) groups excluding carboxylic acids is 1. The van der Waals surface area contributed by atoms with Crippen LogP contribution >= 0.6 is 27.7 Å². The fourth-order valence-corrected chi connectivity index (χ4v) is 3.61. The maximum atomic E-state index is 12.5. The second kappa shape index (κ2) is 10.3. The van der Waals surface area contributed by atoms with E-state index in [1.165, 1.54) is 11.8 Å². The van der Waals surface area contributed by atoms with Gasteiger partial charge in [0.05, 0.1) is 17.7 Å². The van der Waals surface area contributed by atoms with E-state index in [1.54, 1.807) is 11.0 Å². The molecule has 6 nitrogen and oxygen atoms in total. The molecular formula is C19H22BrN5OS. The Labute approximate surface area is 172 Å². The number of hydrogen-bond acceptors (Lipinski definition) is 5. The zero-order valence-electron chi connectivity index (χ0n) is 15.4. The molecule has 27 heavy (non-hydrogen) atoms. The topological polar surface area (TPSA) is 74.8 Å². The SMILES string of the molecule is C=CCn1c(SCC(=O)N(CC)CC(C)C#N)nnc1-c1ccc(Br)cc1. The Balaban J connectivity index is 2.14. The van der Waals surface area contributed by atoms with Gasteiger partial charge in [0.25, 0.3) is 0 Å². The quantitative estimate of drug-likeness (QED) is 0.428.